The summed E-state index contributed by atoms with van der Waals surface area (Å²) in [5, 5.41) is 11.1. The van der Waals surface area contributed by atoms with E-state index in [-0.39, 0.29) is 24.3 Å². The van der Waals surface area contributed by atoms with Crippen LogP contribution in [-0.4, -0.2) is 23.8 Å². The minimum Gasteiger partial charge on any atom is -0.468 e. The van der Waals surface area contributed by atoms with Gasteiger partial charge >= 0.3 is 5.97 Å². The molecule has 0 bridgehead atoms. The molecular weight excluding hydrogens is 274 g/mol. The number of nitro groups is 1. The lowest BCUT2D eigenvalue weighted by atomic mass is 9.74. The highest BCUT2D eigenvalue weighted by molar-refractivity contribution is 5.93. The lowest BCUT2D eigenvalue weighted by Crippen LogP contribution is -2.35. The normalized spacial score (nSPS) is 21.1. The first kappa shape index (κ1) is 14.9. The summed E-state index contributed by atoms with van der Waals surface area (Å²) >= 11 is 0. The number of rotatable bonds is 4. The number of nitro benzene ring substituents is 1. The summed E-state index contributed by atoms with van der Waals surface area (Å²) in [7, 11) is 1.27. The van der Waals surface area contributed by atoms with Gasteiger partial charge in [0, 0.05) is 18.1 Å². The number of esters is 1. The first-order chi connectivity index (χ1) is 9.98. The van der Waals surface area contributed by atoms with Crippen LogP contribution in [0.25, 0.3) is 0 Å². The highest BCUT2D eigenvalue weighted by Gasteiger charge is 2.40. The molecule has 110 valence electrons. The highest BCUT2D eigenvalue weighted by atomic mass is 16.6. The van der Waals surface area contributed by atoms with Crippen molar-refractivity contribution in [1.82, 2.24) is 0 Å². The molecule has 0 saturated heterocycles. The standard InChI is InChI=1S/C15H15NO5/c1-21-14(18)15(8-6-12(17)7-9-15)10-11-4-2-3-5-13(11)16(19)20/h2-6,8H,7,9-10H2,1H3/t15-/m1/s1. The maximum Gasteiger partial charge on any atom is 0.316 e. The van der Waals surface area contributed by atoms with Gasteiger partial charge in [0.05, 0.1) is 17.4 Å². The lowest BCUT2D eigenvalue weighted by molar-refractivity contribution is -0.385. The molecule has 1 aromatic rings. The van der Waals surface area contributed by atoms with E-state index in [2.05, 4.69) is 0 Å². The zero-order valence-corrected chi connectivity index (χ0v) is 11.6. The summed E-state index contributed by atoms with van der Waals surface area (Å²) in [4.78, 5) is 34.1. The molecule has 2 rings (SSSR count). The number of hydrogen-bond donors (Lipinski definition) is 0. The molecule has 1 atom stereocenters. The van der Waals surface area contributed by atoms with Gasteiger partial charge < -0.3 is 4.74 Å². The summed E-state index contributed by atoms with van der Waals surface area (Å²) in [6.45, 7) is 0. The highest BCUT2D eigenvalue weighted by Crippen LogP contribution is 2.37. The van der Waals surface area contributed by atoms with E-state index >= 15 is 0 Å². The van der Waals surface area contributed by atoms with Crippen molar-refractivity contribution in [2.75, 3.05) is 7.11 Å². The molecular formula is C15H15NO5. The number of methoxy groups -OCH3 is 1. The van der Waals surface area contributed by atoms with Gasteiger partial charge in [0.1, 0.15) is 0 Å². The Labute approximate surface area is 121 Å². The van der Waals surface area contributed by atoms with Gasteiger partial charge in [0.25, 0.3) is 5.69 Å². The molecule has 0 unspecified atom stereocenters. The molecule has 0 spiro atoms. The maximum atomic E-state index is 12.1. The average molecular weight is 289 g/mol. The monoisotopic (exact) mass is 289 g/mol. The number of ketones is 1. The van der Waals surface area contributed by atoms with Gasteiger partial charge in [0.2, 0.25) is 0 Å². The number of benzene rings is 1. The number of para-hydroxylation sites is 1. The van der Waals surface area contributed by atoms with E-state index in [0.29, 0.717) is 12.0 Å². The van der Waals surface area contributed by atoms with Crippen LogP contribution >= 0.6 is 0 Å². The summed E-state index contributed by atoms with van der Waals surface area (Å²) in [5.74, 6) is -0.540. The van der Waals surface area contributed by atoms with Gasteiger partial charge in [-0.2, -0.15) is 0 Å². The van der Waals surface area contributed by atoms with Crippen LogP contribution in [0.3, 0.4) is 0 Å². The number of ether oxygens (including phenoxy) is 1. The van der Waals surface area contributed by atoms with E-state index in [1.165, 1.54) is 25.3 Å². The minimum atomic E-state index is -1.02. The van der Waals surface area contributed by atoms with Crippen LogP contribution in [0.4, 0.5) is 5.69 Å². The van der Waals surface area contributed by atoms with Crippen molar-refractivity contribution in [3.05, 3.63) is 52.1 Å². The zero-order valence-electron chi connectivity index (χ0n) is 11.6. The predicted molar refractivity (Wildman–Crippen MR) is 74.6 cm³/mol. The van der Waals surface area contributed by atoms with Crippen LogP contribution in [0, 0.1) is 15.5 Å². The van der Waals surface area contributed by atoms with Crippen molar-refractivity contribution in [2.45, 2.75) is 19.3 Å². The summed E-state index contributed by atoms with van der Waals surface area (Å²) in [6, 6.07) is 6.28. The Morgan fingerprint density at radius 3 is 2.71 bits per heavy atom. The number of nitrogens with zero attached hydrogens (tertiary/aromatic N) is 1. The van der Waals surface area contributed by atoms with E-state index in [1.807, 2.05) is 0 Å². The van der Waals surface area contributed by atoms with E-state index in [1.54, 1.807) is 18.2 Å². The molecule has 0 heterocycles. The zero-order chi connectivity index (χ0) is 15.5. The molecule has 0 saturated carbocycles. The predicted octanol–water partition coefficient (Wildman–Crippen LogP) is 2.22. The van der Waals surface area contributed by atoms with Crippen molar-refractivity contribution in [2.24, 2.45) is 5.41 Å². The molecule has 6 heteroatoms. The van der Waals surface area contributed by atoms with Gasteiger partial charge in [-0.1, -0.05) is 24.3 Å². The second-order valence-corrected chi connectivity index (χ2v) is 5.01. The van der Waals surface area contributed by atoms with E-state index in [0.717, 1.165) is 0 Å². The third kappa shape index (κ3) is 2.99. The van der Waals surface area contributed by atoms with E-state index < -0.39 is 16.3 Å². The molecule has 0 aromatic heterocycles. The van der Waals surface area contributed by atoms with Crippen molar-refractivity contribution in [3.63, 3.8) is 0 Å². The Hall–Kier alpha value is -2.50. The Bertz CT molecular complexity index is 622. The van der Waals surface area contributed by atoms with Crippen LogP contribution < -0.4 is 0 Å². The smallest absolute Gasteiger partial charge is 0.316 e. The van der Waals surface area contributed by atoms with Crippen molar-refractivity contribution >= 4 is 17.4 Å². The molecule has 6 nitrogen and oxygen atoms in total. The third-order valence-corrected chi connectivity index (χ3v) is 3.69. The quantitative estimate of drug-likeness (QED) is 0.482. The fourth-order valence-electron chi connectivity index (χ4n) is 2.54. The minimum absolute atomic E-state index is 0.0360. The average Bonchev–Trinajstić information content (AvgIpc) is 2.49. The Kier molecular flexibility index (Phi) is 4.16. The molecule has 1 aliphatic rings. The van der Waals surface area contributed by atoms with Gasteiger partial charge in [-0.25, -0.2) is 0 Å². The first-order valence-electron chi connectivity index (χ1n) is 6.51. The first-order valence-corrected chi connectivity index (χ1v) is 6.51. The summed E-state index contributed by atoms with van der Waals surface area (Å²) in [6.07, 6.45) is 3.53. The molecule has 1 aliphatic carbocycles. The molecule has 0 aliphatic heterocycles. The molecule has 0 N–H and O–H groups in total. The number of carbonyl (C=O) groups is 2. The molecule has 0 radical (unpaired) electrons. The molecule has 0 amide bonds. The van der Waals surface area contributed by atoms with Crippen LogP contribution in [0.1, 0.15) is 18.4 Å². The largest absolute Gasteiger partial charge is 0.468 e. The van der Waals surface area contributed by atoms with E-state index in [4.69, 9.17) is 4.74 Å². The van der Waals surface area contributed by atoms with Crippen LogP contribution in [0.15, 0.2) is 36.4 Å². The Balaban J connectivity index is 2.42. The fourth-order valence-corrected chi connectivity index (χ4v) is 2.54. The second-order valence-electron chi connectivity index (χ2n) is 5.01. The van der Waals surface area contributed by atoms with Gasteiger partial charge in [-0.05, 0) is 18.9 Å². The number of allylic oxidation sites excluding steroid dienone is 1. The maximum absolute atomic E-state index is 12.1. The molecule has 0 fully saturated rings. The van der Waals surface area contributed by atoms with Crippen LogP contribution in [0.5, 0.6) is 0 Å². The van der Waals surface area contributed by atoms with Crippen LogP contribution in [-0.2, 0) is 20.7 Å². The summed E-state index contributed by atoms with van der Waals surface area (Å²) < 4.78 is 4.83. The number of hydrogen-bond acceptors (Lipinski definition) is 5. The number of carbonyl (C=O) groups excluding carboxylic acids is 2. The van der Waals surface area contributed by atoms with Crippen molar-refractivity contribution in [3.8, 4) is 0 Å². The van der Waals surface area contributed by atoms with Gasteiger partial charge in [-0.3, -0.25) is 19.7 Å². The Morgan fingerprint density at radius 2 is 2.14 bits per heavy atom. The lowest BCUT2D eigenvalue weighted by Gasteiger charge is -2.29. The second kappa shape index (κ2) is 5.87. The SMILES string of the molecule is COC(=O)[C@]1(Cc2ccccc2[N+](=O)[O-])C=CC(=O)CC1. The molecule has 1 aromatic carbocycles. The summed E-state index contributed by atoms with van der Waals surface area (Å²) in [5.41, 5.74) is -0.604. The third-order valence-electron chi connectivity index (χ3n) is 3.69. The fraction of sp³-hybridized carbons (Fsp3) is 0.333. The van der Waals surface area contributed by atoms with Gasteiger partial charge in [-0.15, -0.1) is 0 Å². The van der Waals surface area contributed by atoms with Gasteiger partial charge in [0.15, 0.2) is 5.78 Å². The van der Waals surface area contributed by atoms with Crippen molar-refractivity contribution in [1.29, 1.82) is 0 Å². The topological polar surface area (TPSA) is 86.5 Å². The van der Waals surface area contributed by atoms with Crippen LogP contribution in [0.2, 0.25) is 0 Å². The molecule has 21 heavy (non-hydrogen) atoms. The van der Waals surface area contributed by atoms with Crippen molar-refractivity contribution < 1.29 is 19.2 Å². The Morgan fingerprint density at radius 1 is 1.43 bits per heavy atom. The van der Waals surface area contributed by atoms with E-state index in [9.17, 15) is 19.7 Å².